The summed E-state index contributed by atoms with van der Waals surface area (Å²) in [6.45, 7) is 4.03. The van der Waals surface area contributed by atoms with Gasteiger partial charge >= 0.3 is 0 Å². The van der Waals surface area contributed by atoms with Crippen LogP contribution in [-0.4, -0.2) is 66.6 Å². The first-order valence-electron chi connectivity index (χ1n) is 7.52. The molecule has 0 amide bonds. The molecule has 0 bridgehead atoms. The molecule has 0 saturated heterocycles. The van der Waals surface area contributed by atoms with Gasteiger partial charge < -0.3 is 9.67 Å². The second-order valence-corrected chi connectivity index (χ2v) is 7.82. The van der Waals surface area contributed by atoms with Crippen LogP contribution >= 0.6 is 0 Å². The third-order valence-corrected chi connectivity index (χ3v) is 5.60. The molecule has 1 aromatic heterocycles. The maximum atomic E-state index is 12.3. The Bertz CT molecular complexity index is 783. The summed E-state index contributed by atoms with van der Waals surface area (Å²) < 4.78 is 27.8. The van der Waals surface area contributed by atoms with Crippen molar-refractivity contribution in [2.24, 2.45) is 0 Å². The minimum absolute atomic E-state index is 0.0913. The van der Waals surface area contributed by atoms with E-state index in [2.05, 4.69) is 9.55 Å². The van der Waals surface area contributed by atoms with Gasteiger partial charge in [0.1, 0.15) is 5.82 Å². The molecule has 7 nitrogen and oxygen atoms in total. The van der Waals surface area contributed by atoms with Gasteiger partial charge in [-0.1, -0.05) is 0 Å². The molecule has 0 fully saturated rings. The van der Waals surface area contributed by atoms with Crippen LogP contribution in [0.15, 0.2) is 23.1 Å². The number of hydrogen-bond acceptors (Lipinski definition) is 5. The van der Waals surface area contributed by atoms with Gasteiger partial charge in [-0.2, -0.15) is 0 Å². The number of aromatic nitrogens is 2. The maximum absolute atomic E-state index is 12.3. The van der Waals surface area contributed by atoms with Gasteiger partial charge in [0, 0.05) is 27.2 Å². The lowest BCUT2D eigenvalue weighted by Gasteiger charge is -2.15. The van der Waals surface area contributed by atoms with Crippen molar-refractivity contribution in [1.29, 1.82) is 0 Å². The minimum Gasteiger partial charge on any atom is -0.395 e. The maximum Gasteiger partial charge on any atom is 0.242 e. The van der Waals surface area contributed by atoms with Crippen LogP contribution in [0.2, 0.25) is 0 Å². The Balaban J connectivity index is 2.48. The highest BCUT2D eigenvalue weighted by atomic mass is 32.2. The Morgan fingerprint density at radius 2 is 1.96 bits per heavy atom. The number of sulfonamides is 1. The number of aryl methyl sites for hydroxylation is 1. The van der Waals surface area contributed by atoms with Gasteiger partial charge in [-0.05, 0) is 32.2 Å². The average Bonchev–Trinajstić information content (AvgIpc) is 2.83. The number of likely N-dealkylation sites (N-methyl/N-ethyl adjacent to an activating group) is 1. The third kappa shape index (κ3) is 3.55. The van der Waals surface area contributed by atoms with Crippen molar-refractivity contribution < 1.29 is 13.5 Å². The van der Waals surface area contributed by atoms with E-state index >= 15 is 0 Å². The summed E-state index contributed by atoms with van der Waals surface area (Å²) in [4.78, 5) is 6.81. The highest BCUT2D eigenvalue weighted by molar-refractivity contribution is 7.89. The van der Waals surface area contributed by atoms with Crippen LogP contribution in [0.4, 0.5) is 0 Å². The lowest BCUT2D eigenvalue weighted by molar-refractivity contribution is 0.213. The summed E-state index contributed by atoms with van der Waals surface area (Å²) in [7, 11) is 1.47. The number of benzene rings is 1. The molecule has 0 aliphatic carbocycles. The molecule has 1 heterocycles. The van der Waals surface area contributed by atoms with Crippen LogP contribution in [0.1, 0.15) is 12.7 Å². The van der Waals surface area contributed by atoms with Crippen LogP contribution in [0, 0.1) is 0 Å². The zero-order valence-corrected chi connectivity index (χ0v) is 14.8. The molecule has 0 unspecified atom stereocenters. The van der Waals surface area contributed by atoms with E-state index in [0.717, 1.165) is 17.9 Å². The number of aliphatic hydroxyl groups is 1. The first-order valence-corrected chi connectivity index (χ1v) is 8.96. The number of nitrogens with zero attached hydrogens (tertiary/aromatic N) is 4. The zero-order chi connectivity index (χ0) is 17.2. The van der Waals surface area contributed by atoms with Crippen molar-refractivity contribution >= 4 is 21.1 Å². The second-order valence-electron chi connectivity index (χ2n) is 5.67. The SMILES string of the molecule is CCn1c(CN(C)CCO)nc2cc(S(=O)(=O)N(C)C)ccc21. The molecular formula is C15H24N4O3S. The van der Waals surface area contributed by atoms with Crippen molar-refractivity contribution in [2.45, 2.75) is 24.9 Å². The van der Waals surface area contributed by atoms with Crippen molar-refractivity contribution in [2.75, 3.05) is 34.3 Å². The molecule has 0 radical (unpaired) electrons. The van der Waals surface area contributed by atoms with E-state index in [1.165, 1.54) is 18.4 Å². The summed E-state index contributed by atoms with van der Waals surface area (Å²) >= 11 is 0. The summed E-state index contributed by atoms with van der Waals surface area (Å²) in [6.07, 6.45) is 0. The van der Waals surface area contributed by atoms with E-state index in [9.17, 15) is 8.42 Å². The molecule has 0 aliphatic heterocycles. The molecule has 0 atom stereocenters. The molecule has 1 N–H and O–H groups in total. The van der Waals surface area contributed by atoms with Gasteiger partial charge in [0.25, 0.3) is 0 Å². The van der Waals surface area contributed by atoms with Gasteiger partial charge in [-0.25, -0.2) is 17.7 Å². The number of hydrogen-bond donors (Lipinski definition) is 1. The quantitative estimate of drug-likeness (QED) is 0.804. The lowest BCUT2D eigenvalue weighted by atomic mass is 10.3. The Labute approximate surface area is 137 Å². The minimum atomic E-state index is -3.47. The van der Waals surface area contributed by atoms with E-state index in [1.54, 1.807) is 18.2 Å². The Morgan fingerprint density at radius 1 is 1.26 bits per heavy atom. The molecule has 0 aliphatic rings. The molecule has 0 saturated carbocycles. The first-order chi connectivity index (χ1) is 10.8. The first kappa shape index (κ1) is 17.9. The Hall–Kier alpha value is -1.48. The number of imidazole rings is 1. The second kappa shape index (κ2) is 6.96. The number of aliphatic hydroxyl groups excluding tert-OH is 1. The molecule has 128 valence electrons. The van der Waals surface area contributed by atoms with Crippen LogP contribution in [-0.2, 0) is 23.1 Å². The van der Waals surface area contributed by atoms with Crippen LogP contribution < -0.4 is 0 Å². The molecule has 23 heavy (non-hydrogen) atoms. The Morgan fingerprint density at radius 3 is 2.52 bits per heavy atom. The third-order valence-electron chi connectivity index (χ3n) is 3.79. The largest absolute Gasteiger partial charge is 0.395 e. The summed E-state index contributed by atoms with van der Waals surface area (Å²) in [5.41, 5.74) is 1.58. The highest BCUT2D eigenvalue weighted by Gasteiger charge is 2.19. The number of rotatable bonds is 7. The van der Waals surface area contributed by atoms with Crippen LogP contribution in [0.5, 0.6) is 0 Å². The fraction of sp³-hybridized carbons (Fsp3) is 0.533. The monoisotopic (exact) mass is 340 g/mol. The van der Waals surface area contributed by atoms with E-state index in [-0.39, 0.29) is 11.5 Å². The highest BCUT2D eigenvalue weighted by Crippen LogP contribution is 2.22. The lowest BCUT2D eigenvalue weighted by Crippen LogP contribution is -2.23. The molecule has 2 rings (SSSR count). The topological polar surface area (TPSA) is 78.7 Å². The van der Waals surface area contributed by atoms with Crippen LogP contribution in [0.3, 0.4) is 0 Å². The van der Waals surface area contributed by atoms with Crippen LogP contribution in [0.25, 0.3) is 11.0 Å². The summed E-state index contributed by atoms with van der Waals surface area (Å²) in [5, 5.41) is 9.02. The molecule has 8 heteroatoms. The summed E-state index contributed by atoms with van der Waals surface area (Å²) in [5.74, 6) is 0.859. The normalized spacial score (nSPS) is 12.7. The van der Waals surface area contributed by atoms with Gasteiger partial charge in [0.2, 0.25) is 10.0 Å². The van der Waals surface area contributed by atoms with Gasteiger partial charge in [-0.3, -0.25) is 4.90 Å². The smallest absolute Gasteiger partial charge is 0.242 e. The Kier molecular flexibility index (Phi) is 5.41. The van der Waals surface area contributed by atoms with Gasteiger partial charge in [0.05, 0.1) is 29.1 Å². The number of fused-ring (bicyclic) bond motifs is 1. The van der Waals surface area contributed by atoms with Crippen molar-refractivity contribution in [3.8, 4) is 0 Å². The van der Waals surface area contributed by atoms with Crippen molar-refractivity contribution in [1.82, 2.24) is 18.8 Å². The van der Waals surface area contributed by atoms with E-state index < -0.39 is 10.0 Å². The molecular weight excluding hydrogens is 316 g/mol. The van der Waals surface area contributed by atoms with E-state index in [4.69, 9.17) is 5.11 Å². The molecule has 2 aromatic rings. The molecule has 0 spiro atoms. The fourth-order valence-corrected chi connectivity index (χ4v) is 3.42. The van der Waals surface area contributed by atoms with Crippen molar-refractivity contribution in [3.63, 3.8) is 0 Å². The molecule has 1 aromatic carbocycles. The predicted molar refractivity (Wildman–Crippen MR) is 89.7 cm³/mol. The fourth-order valence-electron chi connectivity index (χ4n) is 2.50. The van der Waals surface area contributed by atoms with E-state index in [0.29, 0.717) is 18.6 Å². The van der Waals surface area contributed by atoms with Gasteiger partial charge in [0.15, 0.2) is 0 Å². The average molecular weight is 340 g/mol. The van der Waals surface area contributed by atoms with E-state index in [1.807, 2.05) is 18.9 Å². The van der Waals surface area contributed by atoms with Gasteiger partial charge in [-0.15, -0.1) is 0 Å². The zero-order valence-electron chi connectivity index (χ0n) is 14.0. The van der Waals surface area contributed by atoms with Crippen molar-refractivity contribution in [3.05, 3.63) is 24.0 Å². The standard InChI is InChI=1S/C15H24N4O3S/c1-5-19-14-7-6-12(23(21,22)17(2)3)10-13(14)16-15(19)11-18(4)8-9-20/h6-7,10,20H,5,8-9,11H2,1-4H3. The summed E-state index contributed by atoms with van der Waals surface area (Å²) in [6, 6.07) is 5.04. The predicted octanol–water partition coefficient (Wildman–Crippen LogP) is 0.731.